The van der Waals surface area contributed by atoms with Crippen LogP contribution in [0.4, 0.5) is 5.69 Å². The predicted octanol–water partition coefficient (Wildman–Crippen LogP) is 2.26. The number of aromatic nitrogens is 3. The molecule has 27 heavy (non-hydrogen) atoms. The van der Waals surface area contributed by atoms with Gasteiger partial charge in [-0.05, 0) is 30.7 Å². The molecule has 2 aromatic heterocycles. The van der Waals surface area contributed by atoms with Gasteiger partial charge < -0.3 is 15.4 Å². The van der Waals surface area contributed by atoms with E-state index in [4.69, 9.17) is 4.74 Å². The normalized spacial score (nSPS) is 10.2. The Morgan fingerprint density at radius 2 is 1.85 bits per heavy atom. The van der Waals surface area contributed by atoms with Crippen molar-refractivity contribution in [2.45, 2.75) is 6.42 Å². The number of pyridine rings is 1. The van der Waals surface area contributed by atoms with E-state index in [-0.39, 0.29) is 17.3 Å². The van der Waals surface area contributed by atoms with Gasteiger partial charge in [-0.25, -0.2) is 0 Å². The van der Waals surface area contributed by atoms with Crippen LogP contribution in [-0.4, -0.2) is 40.1 Å². The van der Waals surface area contributed by atoms with Crippen LogP contribution >= 0.6 is 0 Å². The van der Waals surface area contributed by atoms with Crippen LogP contribution in [0.3, 0.4) is 0 Å². The Labute approximate surface area is 156 Å². The summed E-state index contributed by atoms with van der Waals surface area (Å²) >= 11 is 0. The van der Waals surface area contributed by atoms with E-state index >= 15 is 0 Å². The Hall–Kier alpha value is -3.68. The third-order valence-corrected chi connectivity index (χ3v) is 3.63. The van der Waals surface area contributed by atoms with Crippen molar-refractivity contribution in [3.05, 3.63) is 72.3 Å². The molecule has 8 nitrogen and oxygen atoms in total. The summed E-state index contributed by atoms with van der Waals surface area (Å²) in [6, 6.07) is 14.5. The molecule has 0 fully saturated rings. The number of hydrogen-bond donors (Lipinski definition) is 3. The Balaban J connectivity index is 1.46. The van der Waals surface area contributed by atoms with Gasteiger partial charge in [0.05, 0.1) is 18.5 Å². The number of benzene rings is 1. The summed E-state index contributed by atoms with van der Waals surface area (Å²) in [7, 11) is 0. The maximum atomic E-state index is 12.3. The summed E-state index contributed by atoms with van der Waals surface area (Å²) in [6.07, 6.45) is 3.55. The topological polar surface area (TPSA) is 109 Å². The highest BCUT2D eigenvalue weighted by molar-refractivity contribution is 6.07. The molecule has 3 N–H and O–H groups in total. The number of para-hydroxylation sites is 1. The molecule has 138 valence electrons. The van der Waals surface area contributed by atoms with Crippen molar-refractivity contribution in [2.75, 3.05) is 18.5 Å². The summed E-state index contributed by atoms with van der Waals surface area (Å²) in [5.74, 6) is 0.0164. The Morgan fingerprint density at radius 1 is 1.04 bits per heavy atom. The molecule has 1 aromatic carbocycles. The summed E-state index contributed by atoms with van der Waals surface area (Å²) in [4.78, 5) is 28.4. The van der Waals surface area contributed by atoms with Gasteiger partial charge in [-0.2, -0.15) is 5.10 Å². The van der Waals surface area contributed by atoms with Crippen molar-refractivity contribution in [1.29, 1.82) is 0 Å². The summed E-state index contributed by atoms with van der Waals surface area (Å²) < 4.78 is 5.57. The van der Waals surface area contributed by atoms with Crippen molar-refractivity contribution in [2.24, 2.45) is 0 Å². The first-order valence-electron chi connectivity index (χ1n) is 8.46. The lowest BCUT2D eigenvalue weighted by molar-refractivity contribution is 0.0947. The van der Waals surface area contributed by atoms with E-state index in [0.717, 1.165) is 5.75 Å². The molecular weight excluding hydrogens is 346 g/mol. The van der Waals surface area contributed by atoms with Gasteiger partial charge in [0.25, 0.3) is 11.8 Å². The van der Waals surface area contributed by atoms with E-state index in [1.54, 1.807) is 18.2 Å². The second-order valence-electron chi connectivity index (χ2n) is 5.60. The minimum atomic E-state index is -0.415. The number of anilines is 1. The fraction of sp³-hybridized carbons (Fsp3) is 0.158. The molecule has 0 bridgehead atoms. The Morgan fingerprint density at radius 3 is 2.63 bits per heavy atom. The van der Waals surface area contributed by atoms with E-state index in [9.17, 15) is 9.59 Å². The molecule has 0 aliphatic rings. The number of hydrogen-bond acceptors (Lipinski definition) is 5. The van der Waals surface area contributed by atoms with Crippen LogP contribution in [0.1, 0.15) is 27.4 Å². The molecule has 0 unspecified atom stereocenters. The zero-order valence-electron chi connectivity index (χ0n) is 14.5. The number of amides is 2. The van der Waals surface area contributed by atoms with E-state index in [0.29, 0.717) is 25.3 Å². The molecule has 3 aromatic rings. The van der Waals surface area contributed by atoms with Gasteiger partial charge in [-0.15, -0.1) is 0 Å². The van der Waals surface area contributed by atoms with Crippen LogP contribution < -0.4 is 15.4 Å². The van der Waals surface area contributed by atoms with Gasteiger partial charge in [-0.3, -0.25) is 19.7 Å². The van der Waals surface area contributed by atoms with Gasteiger partial charge in [0, 0.05) is 12.7 Å². The molecule has 3 rings (SSSR count). The van der Waals surface area contributed by atoms with Crippen molar-refractivity contribution < 1.29 is 14.3 Å². The van der Waals surface area contributed by atoms with Crippen LogP contribution in [0.25, 0.3) is 0 Å². The van der Waals surface area contributed by atoms with Crippen LogP contribution in [0.5, 0.6) is 5.75 Å². The third-order valence-electron chi connectivity index (χ3n) is 3.63. The smallest absolute Gasteiger partial charge is 0.274 e. The van der Waals surface area contributed by atoms with Crippen molar-refractivity contribution in [1.82, 2.24) is 20.5 Å². The number of nitrogens with zero attached hydrogens (tertiary/aromatic N) is 2. The minimum absolute atomic E-state index is 0.184. The van der Waals surface area contributed by atoms with Gasteiger partial charge in [-0.1, -0.05) is 24.3 Å². The molecule has 0 aliphatic heterocycles. The zero-order chi connectivity index (χ0) is 18.9. The lowest BCUT2D eigenvalue weighted by Crippen LogP contribution is -2.27. The molecule has 0 radical (unpaired) electrons. The van der Waals surface area contributed by atoms with Crippen molar-refractivity contribution >= 4 is 17.5 Å². The van der Waals surface area contributed by atoms with Gasteiger partial charge in [0.2, 0.25) is 0 Å². The maximum absolute atomic E-state index is 12.3. The maximum Gasteiger partial charge on any atom is 0.274 e. The number of aromatic amines is 1. The number of nitrogens with one attached hydrogen (secondary N) is 3. The lowest BCUT2D eigenvalue weighted by Gasteiger charge is -2.08. The van der Waals surface area contributed by atoms with Crippen LogP contribution in [0.2, 0.25) is 0 Å². The molecule has 0 aliphatic carbocycles. The van der Waals surface area contributed by atoms with E-state index < -0.39 is 5.91 Å². The average molecular weight is 365 g/mol. The molecule has 0 saturated carbocycles. The zero-order valence-corrected chi connectivity index (χ0v) is 14.5. The summed E-state index contributed by atoms with van der Waals surface area (Å²) in [6.45, 7) is 0.912. The summed E-state index contributed by atoms with van der Waals surface area (Å²) in [5.41, 5.74) is 0.732. The largest absolute Gasteiger partial charge is 0.494 e. The first-order chi connectivity index (χ1) is 13.2. The fourth-order valence-corrected chi connectivity index (χ4v) is 2.31. The Bertz CT molecular complexity index is 881. The van der Waals surface area contributed by atoms with E-state index in [1.807, 2.05) is 30.3 Å². The van der Waals surface area contributed by atoms with Crippen LogP contribution in [-0.2, 0) is 0 Å². The molecule has 0 atom stereocenters. The quantitative estimate of drug-likeness (QED) is 0.531. The fourth-order valence-electron chi connectivity index (χ4n) is 2.31. The van der Waals surface area contributed by atoms with Gasteiger partial charge in [0.15, 0.2) is 0 Å². The standard InChI is InChI=1S/C19H19N5O3/c25-18(15-9-4-5-10-20-15)23-16-13-22-24-17(16)19(26)21-11-6-12-27-14-7-2-1-3-8-14/h1-5,7-10,13H,6,11-12H2,(H,21,26)(H,22,24)(H,23,25). The predicted molar refractivity (Wildman–Crippen MR) is 99.7 cm³/mol. The average Bonchev–Trinajstić information content (AvgIpc) is 3.17. The first-order valence-corrected chi connectivity index (χ1v) is 8.46. The highest BCUT2D eigenvalue weighted by Gasteiger charge is 2.16. The van der Waals surface area contributed by atoms with E-state index in [2.05, 4.69) is 25.8 Å². The Kier molecular flexibility index (Phi) is 6.13. The number of H-pyrrole nitrogens is 1. The third kappa shape index (κ3) is 5.15. The number of ether oxygens (including phenoxy) is 1. The lowest BCUT2D eigenvalue weighted by atomic mass is 10.3. The number of carbonyl (C=O) groups is 2. The molecule has 2 heterocycles. The molecule has 0 spiro atoms. The molecule has 8 heteroatoms. The van der Waals surface area contributed by atoms with Crippen molar-refractivity contribution in [3.8, 4) is 5.75 Å². The monoisotopic (exact) mass is 365 g/mol. The second-order valence-corrected chi connectivity index (χ2v) is 5.60. The van der Waals surface area contributed by atoms with Crippen molar-refractivity contribution in [3.63, 3.8) is 0 Å². The van der Waals surface area contributed by atoms with Crippen LogP contribution in [0.15, 0.2) is 60.9 Å². The van der Waals surface area contributed by atoms with E-state index in [1.165, 1.54) is 12.4 Å². The molecular formula is C19H19N5O3. The first kappa shape index (κ1) is 18.1. The minimum Gasteiger partial charge on any atom is -0.494 e. The molecule has 0 saturated heterocycles. The SMILES string of the molecule is O=C(Nc1cn[nH]c1C(=O)NCCCOc1ccccc1)c1ccccn1. The number of rotatable bonds is 8. The second kappa shape index (κ2) is 9.14. The van der Waals surface area contributed by atoms with Gasteiger partial charge in [0.1, 0.15) is 17.1 Å². The summed E-state index contributed by atoms with van der Waals surface area (Å²) in [5, 5.41) is 11.8. The highest BCUT2D eigenvalue weighted by Crippen LogP contribution is 2.13. The number of carbonyl (C=O) groups excluding carboxylic acids is 2. The highest BCUT2D eigenvalue weighted by atomic mass is 16.5. The van der Waals surface area contributed by atoms with Crippen LogP contribution in [0, 0.1) is 0 Å². The van der Waals surface area contributed by atoms with Gasteiger partial charge >= 0.3 is 0 Å². The molecule has 2 amide bonds.